The summed E-state index contributed by atoms with van der Waals surface area (Å²) in [5, 5.41) is 22.8. The number of nitrogens with one attached hydrogen (secondary N) is 3. The number of nitrogens with zero attached hydrogens (tertiary/aromatic N) is 6. The monoisotopic (exact) mass is 593 g/mol. The van der Waals surface area contributed by atoms with Crippen molar-refractivity contribution in [1.82, 2.24) is 24.3 Å². The minimum atomic E-state index is -0.710. The van der Waals surface area contributed by atoms with Gasteiger partial charge in [0, 0.05) is 36.3 Å². The second kappa shape index (κ2) is 12.0. The van der Waals surface area contributed by atoms with Crippen LogP contribution in [0, 0.1) is 24.1 Å². The van der Waals surface area contributed by atoms with E-state index in [1.165, 1.54) is 16.8 Å². The Kier molecular flexibility index (Phi) is 8.13. The highest BCUT2D eigenvalue weighted by molar-refractivity contribution is 6.00. The van der Waals surface area contributed by atoms with Gasteiger partial charge < -0.3 is 10.6 Å². The van der Waals surface area contributed by atoms with Crippen molar-refractivity contribution in [2.45, 2.75) is 46.6 Å². The summed E-state index contributed by atoms with van der Waals surface area (Å²) >= 11 is 0. The average Bonchev–Trinajstić information content (AvgIpc) is 3.42. The molecule has 0 spiro atoms. The van der Waals surface area contributed by atoms with Gasteiger partial charge in [-0.15, -0.1) is 0 Å². The van der Waals surface area contributed by atoms with Gasteiger partial charge in [0.1, 0.15) is 17.3 Å². The molecule has 0 aliphatic heterocycles. The zero-order valence-electron chi connectivity index (χ0n) is 25.2. The first kappa shape index (κ1) is 29.9. The molecule has 0 aliphatic rings. The van der Waals surface area contributed by atoms with Crippen LogP contribution in [0.2, 0.25) is 0 Å². The van der Waals surface area contributed by atoms with Gasteiger partial charge in [-0.25, -0.2) is 18.9 Å². The van der Waals surface area contributed by atoms with E-state index in [0.29, 0.717) is 50.7 Å². The molecular weight excluding hydrogens is 561 g/mol. The number of urea groups is 1. The Morgan fingerprint density at radius 3 is 2.50 bits per heavy atom. The fourth-order valence-corrected chi connectivity index (χ4v) is 4.92. The number of nitriles is 1. The molecule has 0 atom stereocenters. The van der Waals surface area contributed by atoms with Crippen LogP contribution in [0.5, 0.6) is 0 Å². The third kappa shape index (κ3) is 5.72. The quantitative estimate of drug-likeness (QED) is 0.199. The SMILES string of the molecule is CNc1ncc2cc(-c3cc(NC(=O)Nc4cc(C(C)C)nn4-c4cccc(C#N)c4)c(F)cc3C)c(=O)n(C(C)C)c2n1. The van der Waals surface area contributed by atoms with Crippen molar-refractivity contribution in [3.05, 3.63) is 87.7 Å². The molecule has 0 unspecified atom stereocenters. The third-order valence-electron chi connectivity index (χ3n) is 7.15. The Hall–Kier alpha value is -5.57. The van der Waals surface area contributed by atoms with Gasteiger partial charge in [-0.05, 0) is 74.2 Å². The fourth-order valence-electron chi connectivity index (χ4n) is 4.92. The van der Waals surface area contributed by atoms with E-state index < -0.39 is 11.8 Å². The van der Waals surface area contributed by atoms with Crippen molar-refractivity contribution in [2.24, 2.45) is 0 Å². The third-order valence-corrected chi connectivity index (χ3v) is 7.15. The number of aryl methyl sites for hydroxylation is 1. The molecule has 0 bridgehead atoms. The lowest BCUT2D eigenvalue weighted by Crippen LogP contribution is -2.25. The maximum Gasteiger partial charge on any atom is 0.324 e. The van der Waals surface area contributed by atoms with Gasteiger partial charge in [-0.3, -0.25) is 14.7 Å². The summed E-state index contributed by atoms with van der Waals surface area (Å²) in [7, 11) is 1.70. The summed E-state index contributed by atoms with van der Waals surface area (Å²) in [5.74, 6) is 0.119. The van der Waals surface area contributed by atoms with Gasteiger partial charge in [0.2, 0.25) is 5.95 Å². The number of rotatable bonds is 7. The van der Waals surface area contributed by atoms with E-state index in [4.69, 9.17) is 0 Å². The lowest BCUT2D eigenvalue weighted by atomic mass is 9.99. The van der Waals surface area contributed by atoms with Crippen LogP contribution in [0.4, 0.5) is 26.6 Å². The van der Waals surface area contributed by atoms with Crippen molar-refractivity contribution < 1.29 is 9.18 Å². The second-order valence-electron chi connectivity index (χ2n) is 11.0. The van der Waals surface area contributed by atoms with Gasteiger partial charge >= 0.3 is 6.03 Å². The van der Waals surface area contributed by atoms with Crippen molar-refractivity contribution in [2.75, 3.05) is 23.0 Å². The first-order chi connectivity index (χ1) is 21.0. The molecule has 12 heteroatoms. The number of benzene rings is 2. The number of fused-ring (bicyclic) bond motifs is 1. The van der Waals surface area contributed by atoms with Crippen molar-refractivity contribution in [3.8, 4) is 22.9 Å². The molecule has 2 amide bonds. The van der Waals surface area contributed by atoms with Gasteiger partial charge in [0.05, 0.1) is 28.7 Å². The minimum Gasteiger partial charge on any atom is -0.357 e. The lowest BCUT2D eigenvalue weighted by molar-refractivity contribution is 0.262. The van der Waals surface area contributed by atoms with Crippen LogP contribution in [0.25, 0.3) is 27.8 Å². The van der Waals surface area contributed by atoms with Gasteiger partial charge in [0.15, 0.2) is 0 Å². The molecule has 3 aromatic heterocycles. The summed E-state index contributed by atoms with van der Waals surface area (Å²) in [6, 6.07) is 14.1. The summed E-state index contributed by atoms with van der Waals surface area (Å²) in [4.78, 5) is 35.8. The molecule has 11 nitrogen and oxygen atoms in total. The standard InChI is InChI=1S/C32H32FN9O2/c1-17(2)26-14-28(42(40-26)22-9-7-8-20(11-22)15-34)38-32(44)37-27-13-23(19(5)10-25(27)33)24-12-21-16-36-31(35-6)39-29(21)41(18(3)4)30(24)43/h7-14,16-18H,1-6H3,(H,35,36,39)(H2,37,38,44). The first-order valence-corrected chi connectivity index (χ1v) is 14.1. The molecule has 5 rings (SSSR count). The number of pyridine rings is 1. The number of halogens is 1. The molecule has 44 heavy (non-hydrogen) atoms. The predicted molar refractivity (Wildman–Crippen MR) is 169 cm³/mol. The molecule has 3 heterocycles. The van der Waals surface area contributed by atoms with Crippen molar-refractivity contribution >= 4 is 34.5 Å². The van der Waals surface area contributed by atoms with E-state index in [1.54, 1.807) is 61.1 Å². The zero-order valence-corrected chi connectivity index (χ0v) is 25.2. The Morgan fingerprint density at radius 1 is 1.05 bits per heavy atom. The molecule has 0 aliphatic carbocycles. The van der Waals surface area contributed by atoms with E-state index in [0.717, 1.165) is 5.69 Å². The normalized spacial score (nSPS) is 11.2. The van der Waals surface area contributed by atoms with Gasteiger partial charge in [0.25, 0.3) is 5.56 Å². The molecule has 5 aromatic rings. The topological polar surface area (TPSA) is 143 Å². The summed E-state index contributed by atoms with van der Waals surface area (Å²) in [6.45, 7) is 9.40. The highest BCUT2D eigenvalue weighted by Gasteiger charge is 2.20. The van der Waals surface area contributed by atoms with Crippen molar-refractivity contribution in [3.63, 3.8) is 0 Å². The Morgan fingerprint density at radius 2 is 1.82 bits per heavy atom. The number of carbonyl (C=O) groups is 1. The number of hydrogen-bond donors (Lipinski definition) is 3. The van der Waals surface area contributed by atoms with Gasteiger partial charge in [-0.2, -0.15) is 15.3 Å². The highest BCUT2D eigenvalue weighted by atomic mass is 19.1. The van der Waals surface area contributed by atoms with Crippen LogP contribution < -0.4 is 21.5 Å². The van der Waals surface area contributed by atoms with Crippen LogP contribution in [-0.2, 0) is 0 Å². The van der Waals surface area contributed by atoms with Crippen LogP contribution in [0.3, 0.4) is 0 Å². The van der Waals surface area contributed by atoms with Crippen molar-refractivity contribution in [1.29, 1.82) is 5.26 Å². The number of anilines is 3. The molecule has 0 fully saturated rings. The molecular formula is C32H32FN9O2. The van der Waals surface area contributed by atoms with Crippen LogP contribution in [-0.4, -0.2) is 37.4 Å². The number of amides is 2. The highest BCUT2D eigenvalue weighted by Crippen LogP contribution is 2.30. The van der Waals surface area contributed by atoms with E-state index in [9.17, 15) is 14.9 Å². The number of carbonyl (C=O) groups excluding carboxylic acids is 1. The summed E-state index contributed by atoms with van der Waals surface area (Å²) in [6.07, 6.45) is 1.63. The average molecular weight is 594 g/mol. The zero-order chi connectivity index (χ0) is 31.7. The minimum absolute atomic E-state index is 0.0585. The molecule has 3 N–H and O–H groups in total. The molecule has 224 valence electrons. The van der Waals surface area contributed by atoms with E-state index in [-0.39, 0.29) is 23.2 Å². The smallest absolute Gasteiger partial charge is 0.324 e. The largest absolute Gasteiger partial charge is 0.357 e. The van der Waals surface area contributed by atoms with E-state index >= 15 is 4.39 Å². The lowest BCUT2D eigenvalue weighted by Gasteiger charge is -2.17. The van der Waals surface area contributed by atoms with Crippen LogP contribution >= 0.6 is 0 Å². The fraction of sp³-hybridized carbons (Fsp3) is 0.250. The van der Waals surface area contributed by atoms with Gasteiger partial charge in [-0.1, -0.05) is 19.9 Å². The van der Waals surface area contributed by atoms with E-state index in [1.807, 2.05) is 27.7 Å². The maximum atomic E-state index is 15.2. The molecule has 0 saturated heterocycles. The molecule has 2 aromatic carbocycles. The predicted octanol–water partition coefficient (Wildman–Crippen LogP) is 6.35. The molecule has 0 radical (unpaired) electrons. The summed E-state index contributed by atoms with van der Waals surface area (Å²) in [5.41, 5.74) is 3.10. The Balaban J connectivity index is 1.52. The summed E-state index contributed by atoms with van der Waals surface area (Å²) < 4.78 is 18.3. The second-order valence-corrected chi connectivity index (χ2v) is 11.0. The van der Waals surface area contributed by atoms with E-state index in [2.05, 4.69) is 37.1 Å². The molecule has 0 saturated carbocycles. The van der Waals surface area contributed by atoms with Crippen LogP contribution in [0.1, 0.15) is 56.5 Å². The maximum absolute atomic E-state index is 15.2. The first-order valence-electron chi connectivity index (χ1n) is 14.1. The number of aromatic nitrogens is 5. The number of hydrogen-bond acceptors (Lipinski definition) is 7. The Labute approximate surface area is 253 Å². The Bertz CT molecular complexity index is 2000. The van der Waals surface area contributed by atoms with Crippen LogP contribution in [0.15, 0.2) is 59.5 Å².